The predicted octanol–water partition coefficient (Wildman–Crippen LogP) is -0.230. The molecule has 0 aliphatic rings. The van der Waals surface area contributed by atoms with E-state index in [1.165, 1.54) is 12.1 Å². The molecule has 0 heterocycles. The molecule has 8 nitrogen and oxygen atoms in total. The molecule has 0 fully saturated rings. The summed E-state index contributed by atoms with van der Waals surface area (Å²) in [5.74, 6) is -1.85. The number of amidine groups is 1. The maximum atomic E-state index is 12.0. The van der Waals surface area contributed by atoms with Gasteiger partial charge in [0.05, 0.1) is 0 Å². The molecule has 0 radical (unpaired) electrons. The molecule has 1 atom stereocenters. The first kappa shape index (κ1) is 16.9. The average molecular weight is 319 g/mol. The van der Waals surface area contributed by atoms with Crippen molar-refractivity contribution in [2.45, 2.75) is 17.9 Å². The Hall–Kier alpha value is -2.20. The molecule has 0 aliphatic carbocycles. The number of carbonyl (C=O) groups excluding carboxylic acids is 1. The first-order valence-electron chi connectivity index (χ1n) is 5.58. The summed E-state index contributed by atoms with van der Waals surface area (Å²) in [5.41, 5.74) is 11.0. The summed E-state index contributed by atoms with van der Waals surface area (Å²) in [5, 5.41) is 3.05. The van der Waals surface area contributed by atoms with Crippen molar-refractivity contribution >= 4 is 21.9 Å². The number of amides is 1. The zero-order valence-electron chi connectivity index (χ0n) is 11.0. The van der Waals surface area contributed by atoms with Crippen LogP contribution in [0.15, 0.2) is 34.3 Å². The Kier molecular flexibility index (Phi) is 5.61. The van der Waals surface area contributed by atoms with Crippen LogP contribution in [-0.4, -0.2) is 33.1 Å². The van der Waals surface area contributed by atoms with Gasteiger partial charge < -0.3 is 16.2 Å². The highest BCUT2D eigenvalue weighted by Gasteiger charge is 2.23. The number of primary amides is 1. The van der Waals surface area contributed by atoms with Gasteiger partial charge in [-0.2, -0.15) is 8.42 Å². The van der Waals surface area contributed by atoms with E-state index >= 15 is 0 Å². The number of benzene rings is 1. The Morgan fingerprint density at radius 2 is 1.90 bits per heavy atom. The molecule has 0 aromatic heterocycles. The standard InChI is InChI=1S/C11H14FN3O5S/c1-7-2-4-8(5-3-7)21(17,18)20-15-10(13)9(11(14)16)19-6-12/h2-5,9H,6H2,1H3,(H2,13,15)(H2,14,16). The van der Waals surface area contributed by atoms with Crippen LogP contribution in [0.25, 0.3) is 0 Å². The van der Waals surface area contributed by atoms with E-state index in [2.05, 4.69) is 14.2 Å². The zero-order chi connectivity index (χ0) is 16.0. The zero-order valence-corrected chi connectivity index (χ0v) is 11.8. The lowest BCUT2D eigenvalue weighted by molar-refractivity contribution is -0.127. The quantitative estimate of drug-likeness (QED) is 0.405. The molecular weight excluding hydrogens is 305 g/mol. The number of carbonyl (C=O) groups is 1. The van der Waals surface area contributed by atoms with Gasteiger partial charge in [0, 0.05) is 0 Å². The number of hydrogen-bond acceptors (Lipinski definition) is 6. The lowest BCUT2D eigenvalue weighted by Crippen LogP contribution is -2.42. The molecule has 1 rings (SSSR count). The molecule has 21 heavy (non-hydrogen) atoms. The number of alkyl halides is 1. The van der Waals surface area contributed by atoms with Crippen LogP contribution in [0, 0.1) is 6.92 Å². The third-order valence-electron chi connectivity index (χ3n) is 2.31. The van der Waals surface area contributed by atoms with E-state index in [0.29, 0.717) is 0 Å². The molecule has 10 heteroatoms. The Morgan fingerprint density at radius 1 is 1.33 bits per heavy atom. The van der Waals surface area contributed by atoms with Gasteiger partial charge >= 0.3 is 10.1 Å². The number of oxime groups is 1. The highest BCUT2D eigenvalue weighted by Crippen LogP contribution is 2.13. The number of nitrogens with zero attached hydrogens (tertiary/aromatic N) is 1. The Balaban J connectivity index is 2.91. The molecule has 0 bridgehead atoms. The minimum absolute atomic E-state index is 0.160. The van der Waals surface area contributed by atoms with Crippen molar-refractivity contribution in [1.82, 2.24) is 0 Å². The van der Waals surface area contributed by atoms with Crippen molar-refractivity contribution < 1.29 is 26.6 Å². The molecule has 0 saturated heterocycles. The fourth-order valence-electron chi connectivity index (χ4n) is 1.26. The summed E-state index contributed by atoms with van der Waals surface area (Å²) in [4.78, 5) is 10.8. The maximum Gasteiger partial charge on any atom is 0.358 e. The van der Waals surface area contributed by atoms with E-state index in [0.717, 1.165) is 5.56 Å². The van der Waals surface area contributed by atoms with E-state index in [1.54, 1.807) is 19.1 Å². The van der Waals surface area contributed by atoms with Crippen LogP contribution in [0.3, 0.4) is 0 Å². The van der Waals surface area contributed by atoms with Gasteiger partial charge in [0.2, 0.25) is 0 Å². The second-order valence-electron chi connectivity index (χ2n) is 3.92. The van der Waals surface area contributed by atoms with Crippen LogP contribution in [0.1, 0.15) is 5.56 Å². The second kappa shape index (κ2) is 6.99. The summed E-state index contributed by atoms with van der Waals surface area (Å²) in [6.07, 6.45) is -1.72. The van der Waals surface area contributed by atoms with E-state index in [-0.39, 0.29) is 4.90 Å². The maximum absolute atomic E-state index is 12.0. The van der Waals surface area contributed by atoms with Gasteiger partial charge in [-0.1, -0.05) is 17.7 Å². The molecule has 1 aromatic rings. The van der Waals surface area contributed by atoms with E-state index in [1.807, 2.05) is 0 Å². The van der Waals surface area contributed by atoms with Crippen LogP contribution in [0.4, 0.5) is 4.39 Å². The van der Waals surface area contributed by atoms with Gasteiger partial charge in [0.15, 0.2) is 18.8 Å². The third kappa shape index (κ3) is 4.68. The van der Waals surface area contributed by atoms with Crippen molar-refractivity contribution in [1.29, 1.82) is 0 Å². The molecule has 1 amide bonds. The summed E-state index contributed by atoms with van der Waals surface area (Å²) in [7, 11) is -4.22. The number of aryl methyl sites for hydroxylation is 1. The van der Waals surface area contributed by atoms with Gasteiger partial charge in [-0.3, -0.25) is 9.08 Å². The number of rotatable bonds is 7. The highest BCUT2D eigenvalue weighted by molar-refractivity contribution is 7.86. The van der Waals surface area contributed by atoms with E-state index in [4.69, 9.17) is 11.5 Å². The minimum atomic E-state index is -4.22. The van der Waals surface area contributed by atoms with Crippen LogP contribution < -0.4 is 11.5 Å². The number of hydrogen-bond donors (Lipinski definition) is 2. The fraction of sp³-hybridized carbons (Fsp3) is 0.273. The van der Waals surface area contributed by atoms with Crippen molar-refractivity contribution in [3.63, 3.8) is 0 Å². The summed E-state index contributed by atoms with van der Waals surface area (Å²) in [6.45, 7) is 0.424. The number of ether oxygens (including phenoxy) is 1. The van der Waals surface area contributed by atoms with Gasteiger partial charge in [0.25, 0.3) is 5.91 Å². The van der Waals surface area contributed by atoms with Gasteiger partial charge in [-0.05, 0) is 24.2 Å². The Morgan fingerprint density at radius 3 is 2.38 bits per heavy atom. The van der Waals surface area contributed by atoms with E-state index in [9.17, 15) is 17.6 Å². The number of nitrogens with two attached hydrogens (primary N) is 2. The first-order valence-corrected chi connectivity index (χ1v) is 6.99. The molecule has 1 unspecified atom stereocenters. The molecule has 0 saturated carbocycles. The Labute approximate surface area is 120 Å². The third-order valence-corrected chi connectivity index (χ3v) is 3.43. The fourth-order valence-corrected chi connectivity index (χ4v) is 2.00. The molecular formula is C11H14FN3O5S. The van der Waals surface area contributed by atoms with Crippen LogP contribution in [-0.2, 0) is 23.9 Å². The highest BCUT2D eigenvalue weighted by atomic mass is 32.2. The summed E-state index contributed by atoms with van der Waals surface area (Å²) < 4.78 is 44.2. The van der Waals surface area contributed by atoms with Gasteiger partial charge in [0.1, 0.15) is 4.90 Å². The first-order chi connectivity index (χ1) is 9.77. The smallest absolute Gasteiger partial charge is 0.358 e. The SMILES string of the molecule is Cc1ccc(S(=O)(=O)ON=C(N)C(OCF)C(N)=O)cc1. The molecule has 0 spiro atoms. The number of halogens is 1. The Bertz CT molecular complexity index is 630. The molecule has 0 aliphatic heterocycles. The molecule has 116 valence electrons. The van der Waals surface area contributed by atoms with Crippen molar-refractivity contribution in [2.24, 2.45) is 16.6 Å². The molecule has 1 aromatic carbocycles. The van der Waals surface area contributed by atoms with Gasteiger partial charge in [-0.15, -0.1) is 0 Å². The van der Waals surface area contributed by atoms with Crippen LogP contribution in [0.2, 0.25) is 0 Å². The largest absolute Gasteiger partial charge is 0.382 e. The summed E-state index contributed by atoms with van der Waals surface area (Å²) >= 11 is 0. The monoisotopic (exact) mass is 319 g/mol. The van der Waals surface area contributed by atoms with Gasteiger partial charge in [-0.25, -0.2) is 4.39 Å². The van der Waals surface area contributed by atoms with Crippen LogP contribution in [0.5, 0.6) is 0 Å². The minimum Gasteiger partial charge on any atom is -0.382 e. The van der Waals surface area contributed by atoms with E-state index < -0.39 is 34.8 Å². The van der Waals surface area contributed by atoms with Crippen molar-refractivity contribution in [3.8, 4) is 0 Å². The molecule has 4 N–H and O–H groups in total. The van der Waals surface area contributed by atoms with Crippen LogP contribution >= 0.6 is 0 Å². The lowest BCUT2D eigenvalue weighted by atomic mass is 10.2. The average Bonchev–Trinajstić information content (AvgIpc) is 2.42. The predicted molar refractivity (Wildman–Crippen MR) is 71.1 cm³/mol. The lowest BCUT2D eigenvalue weighted by Gasteiger charge is -2.10. The second-order valence-corrected chi connectivity index (χ2v) is 5.44. The topological polar surface area (TPSA) is 134 Å². The van der Waals surface area contributed by atoms with Crippen molar-refractivity contribution in [2.75, 3.05) is 6.86 Å². The summed E-state index contributed by atoms with van der Waals surface area (Å²) in [6, 6.07) is 5.73. The van der Waals surface area contributed by atoms with Crippen molar-refractivity contribution in [3.05, 3.63) is 29.8 Å². The normalized spacial score (nSPS) is 13.7.